The van der Waals surface area contributed by atoms with Gasteiger partial charge in [0.15, 0.2) is 6.61 Å². The standard InChI is InChI=1S/C19H21NO4/c1-13(2)15-6-8-16(9-7-15)19(23)20-11-14-4-3-5-17(10-14)24-12-18(21)22/h3-10,13H,11-12H2,1-2H3,(H,20,23)(H,21,22). The van der Waals surface area contributed by atoms with Crippen LogP contribution in [0.3, 0.4) is 0 Å². The summed E-state index contributed by atoms with van der Waals surface area (Å²) in [5.41, 5.74) is 2.64. The second-order valence-corrected chi connectivity index (χ2v) is 5.79. The Bertz CT molecular complexity index is 708. The predicted octanol–water partition coefficient (Wildman–Crippen LogP) is 3.20. The van der Waals surface area contributed by atoms with E-state index in [1.165, 1.54) is 5.56 Å². The Morgan fingerprint density at radius 2 is 1.83 bits per heavy atom. The summed E-state index contributed by atoms with van der Waals surface area (Å²) in [6.07, 6.45) is 0. The van der Waals surface area contributed by atoms with Crippen LogP contribution in [0.2, 0.25) is 0 Å². The monoisotopic (exact) mass is 327 g/mol. The van der Waals surface area contributed by atoms with Gasteiger partial charge in [-0.05, 0) is 41.3 Å². The van der Waals surface area contributed by atoms with Crippen molar-refractivity contribution >= 4 is 11.9 Å². The number of hydrogen-bond acceptors (Lipinski definition) is 3. The van der Waals surface area contributed by atoms with Gasteiger partial charge in [0.05, 0.1) is 0 Å². The van der Waals surface area contributed by atoms with E-state index in [4.69, 9.17) is 9.84 Å². The number of ether oxygens (including phenoxy) is 1. The van der Waals surface area contributed by atoms with Crippen molar-refractivity contribution in [2.24, 2.45) is 0 Å². The summed E-state index contributed by atoms with van der Waals surface area (Å²) < 4.78 is 5.12. The summed E-state index contributed by atoms with van der Waals surface area (Å²) in [6, 6.07) is 14.5. The largest absolute Gasteiger partial charge is 0.482 e. The number of amides is 1. The van der Waals surface area contributed by atoms with Gasteiger partial charge in [0, 0.05) is 12.1 Å². The van der Waals surface area contributed by atoms with Gasteiger partial charge in [0.25, 0.3) is 5.91 Å². The fraction of sp³-hybridized carbons (Fsp3) is 0.263. The molecule has 0 atom stereocenters. The average molecular weight is 327 g/mol. The smallest absolute Gasteiger partial charge is 0.341 e. The first-order valence-electron chi connectivity index (χ1n) is 7.77. The van der Waals surface area contributed by atoms with E-state index in [1.54, 1.807) is 18.2 Å². The first-order valence-corrected chi connectivity index (χ1v) is 7.77. The van der Waals surface area contributed by atoms with Gasteiger partial charge in [-0.15, -0.1) is 0 Å². The van der Waals surface area contributed by atoms with Crippen molar-refractivity contribution in [3.63, 3.8) is 0 Å². The van der Waals surface area contributed by atoms with Gasteiger partial charge in [-0.25, -0.2) is 4.79 Å². The molecule has 0 saturated carbocycles. The van der Waals surface area contributed by atoms with Crippen LogP contribution >= 0.6 is 0 Å². The molecule has 2 N–H and O–H groups in total. The average Bonchev–Trinajstić information content (AvgIpc) is 2.58. The molecule has 2 rings (SSSR count). The lowest BCUT2D eigenvalue weighted by molar-refractivity contribution is -0.139. The van der Waals surface area contributed by atoms with E-state index in [2.05, 4.69) is 19.2 Å². The molecule has 0 aromatic heterocycles. The number of benzene rings is 2. The van der Waals surface area contributed by atoms with Crippen molar-refractivity contribution in [3.05, 3.63) is 65.2 Å². The molecule has 24 heavy (non-hydrogen) atoms. The van der Waals surface area contributed by atoms with Crippen molar-refractivity contribution in [2.75, 3.05) is 6.61 Å². The highest BCUT2D eigenvalue weighted by molar-refractivity contribution is 5.94. The number of carbonyl (C=O) groups is 2. The first-order chi connectivity index (χ1) is 11.5. The lowest BCUT2D eigenvalue weighted by Crippen LogP contribution is -2.22. The minimum absolute atomic E-state index is 0.151. The summed E-state index contributed by atoms with van der Waals surface area (Å²) in [4.78, 5) is 22.7. The number of hydrogen-bond donors (Lipinski definition) is 2. The maximum Gasteiger partial charge on any atom is 0.341 e. The Labute approximate surface area is 141 Å². The quantitative estimate of drug-likeness (QED) is 0.819. The molecule has 0 bridgehead atoms. The Balaban J connectivity index is 1.93. The van der Waals surface area contributed by atoms with E-state index >= 15 is 0 Å². The van der Waals surface area contributed by atoms with Crippen LogP contribution in [0, 0.1) is 0 Å². The molecule has 0 unspecified atom stereocenters. The van der Waals surface area contributed by atoms with Crippen LogP contribution in [0.15, 0.2) is 48.5 Å². The SMILES string of the molecule is CC(C)c1ccc(C(=O)NCc2cccc(OCC(=O)O)c2)cc1. The maximum atomic E-state index is 12.2. The van der Waals surface area contributed by atoms with E-state index in [-0.39, 0.29) is 5.91 Å². The molecule has 0 saturated heterocycles. The van der Waals surface area contributed by atoms with Crippen molar-refractivity contribution in [1.29, 1.82) is 0 Å². The molecule has 0 radical (unpaired) electrons. The zero-order chi connectivity index (χ0) is 17.5. The fourth-order valence-corrected chi connectivity index (χ4v) is 2.19. The number of rotatable bonds is 7. The molecule has 2 aromatic carbocycles. The third-order valence-electron chi connectivity index (χ3n) is 3.55. The number of nitrogens with one attached hydrogen (secondary N) is 1. The van der Waals surface area contributed by atoms with E-state index in [0.717, 1.165) is 5.56 Å². The number of aliphatic carboxylic acids is 1. The summed E-state index contributed by atoms with van der Waals surface area (Å²) in [6.45, 7) is 4.16. The van der Waals surface area contributed by atoms with Gasteiger partial charge < -0.3 is 15.2 Å². The minimum Gasteiger partial charge on any atom is -0.482 e. The van der Waals surface area contributed by atoms with Crippen LogP contribution in [0.4, 0.5) is 0 Å². The molecular formula is C19H21NO4. The lowest BCUT2D eigenvalue weighted by Gasteiger charge is -2.09. The van der Waals surface area contributed by atoms with Gasteiger partial charge in [0.2, 0.25) is 0 Å². The van der Waals surface area contributed by atoms with E-state index in [1.807, 2.05) is 30.3 Å². The first kappa shape index (κ1) is 17.5. The Kier molecular flexibility index (Phi) is 5.95. The van der Waals surface area contributed by atoms with Gasteiger partial charge in [-0.1, -0.05) is 38.1 Å². The molecule has 2 aromatic rings. The van der Waals surface area contributed by atoms with Crippen molar-refractivity contribution in [2.45, 2.75) is 26.3 Å². The van der Waals surface area contributed by atoms with Crippen molar-refractivity contribution in [1.82, 2.24) is 5.32 Å². The van der Waals surface area contributed by atoms with Gasteiger partial charge in [-0.3, -0.25) is 4.79 Å². The minimum atomic E-state index is -1.03. The molecule has 0 fully saturated rings. The fourth-order valence-electron chi connectivity index (χ4n) is 2.19. The van der Waals surface area contributed by atoms with Crippen LogP contribution in [-0.4, -0.2) is 23.6 Å². The predicted molar refractivity (Wildman–Crippen MR) is 91.3 cm³/mol. The molecule has 126 valence electrons. The molecule has 5 heteroatoms. The highest BCUT2D eigenvalue weighted by Crippen LogP contribution is 2.15. The number of carbonyl (C=O) groups excluding carboxylic acids is 1. The Morgan fingerprint density at radius 1 is 1.12 bits per heavy atom. The molecular weight excluding hydrogens is 306 g/mol. The molecule has 5 nitrogen and oxygen atoms in total. The second kappa shape index (κ2) is 8.15. The van der Waals surface area contributed by atoms with Crippen LogP contribution in [0.5, 0.6) is 5.75 Å². The van der Waals surface area contributed by atoms with E-state index in [0.29, 0.717) is 23.8 Å². The third-order valence-corrected chi connectivity index (χ3v) is 3.55. The summed E-state index contributed by atoms with van der Waals surface area (Å²) in [7, 11) is 0. The van der Waals surface area contributed by atoms with Gasteiger partial charge >= 0.3 is 5.97 Å². The number of carboxylic acids is 1. The van der Waals surface area contributed by atoms with Crippen LogP contribution < -0.4 is 10.1 Å². The Morgan fingerprint density at radius 3 is 2.46 bits per heavy atom. The van der Waals surface area contributed by atoms with E-state index < -0.39 is 12.6 Å². The van der Waals surface area contributed by atoms with Crippen LogP contribution in [0.25, 0.3) is 0 Å². The maximum absolute atomic E-state index is 12.2. The molecule has 0 aliphatic rings. The lowest BCUT2D eigenvalue weighted by atomic mass is 10.0. The molecule has 0 spiro atoms. The summed E-state index contributed by atoms with van der Waals surface area (Å²) >= 11 is 0. The molecule has 0 aliphatic heterocycles. The molecule has 0 aliphatic carbocycles. The highest BCUT2D eigenvalue weighted by Gasteiger charge is 2.07. The number of carboxylic acid groups (broad SMARTS) is 1. The van der Waals surface area contributed by atoms with Crippen molar-refractivity contribution < 1.29 is 19.4 Å². The molecule has 0 heterocycles. The highest BCUT2D eigenvalue weighted by atomic mass is 16.5. The van der Waals surface area contributed by atoms with Crippen LogP contribution in [-0.2, 0) is 11.3 Å². The molecule has 1 amide bonds. The summed E-state index contributed by atoms with van der Waals surface area (Å²) in [5.74, 6) is -0.290. The van der Waals surface area contributed by atoms with Gasteiger partial charge in [-0.2, -0.15) is 0 Å². The van der Waals surface area contributed by atoms with Gasteiger partial charge in [0.1, 0.15) is 5.75 Å². The Hall–Kier alpha value is -2.82. The van der Waals surface area contributed by atoms with E-state index in [9.17, 15) is 9.59 Å². The zero-order valence-corrected chi connectivity index (χ0v) is 13.8. The third kappa shape index (κ3) is 5.12. The second-order valence-electron chi connectivity index (χ2n) is 5.79. The van der Waals surface area contributed by atoms with Crippen molar-refractivity contribution in [3.8, 4) is 5.75 Å². The normalized spacial score (nSPS) is 10.5. The van der Waals surface area contributed by atoms with Crippen LogP contribution in [0.1, 0.15) is 41.3 Å². The topological polar surface area (TPSA) is 75.6 Å². The summed E-state index contributed by atoms with van der Waals surface area (Å²) in [5, 5.41) is 11.5. The zero-order valence-electron chi connectivity index (χ0n) is 13.8.